The SMILES string of the molecule is CN(C)c1nc(N(C)C)nc(N(C)C)n1.COc1cccc2c1C(=O)c1c(O)c3c(c(O)c1C2=O)C[C@@](O)(C(=O)CO)C[C@@H]3O[C@H]1C[C@H](N)[C@H](O)[C@H](C)O1. The number of aliphatic hydroxyl groups excluding tert-OH is 2. The number of ether oxygens (including phenoxy) is 3. The van der Waals surface area contributed by atoms with E-state index in [1.165, 1.54) is 25.3 Å². The first-order chi connectivity index (χ1) is 25.3. The van der Waals surface area contributed by atoms with Crippen LogP contribution in [0.25, 0.3) is 0 Å². The first kappa shape index (κ1) is 40.2. The molecule has 1 aromatic heterocycles. The fraction of sp³-hybridized carbons (Fsp3) is 0.500. The maximum atomic E-state index is 13.6. The van der Waals surface area contributed by atoms with Gasteiger partial charge < -0.3 is 60.2 Å². The van der Waals surface area contributed by atoms with Crippen molar-refractivity contribution in [3.05, 3.63) is 51.6 Å². The second-order valence-electron chi connectivity index (χ2n) is 14.1. The maximum Gasteiger partial charge on any atom is 0.231 e. The summed E-state index contributed by atoms with van der Waals surface area (Å²) in [6.45, 7) is 0.560. The highest BCUT2D eigenvalue weighted by molar-refractivity contribution is 6.31. The van der Waals surface area contributed by atoms with E-state index in [1.807, 2.05) is 57.0 Å². The molecule has 1 aliphatic heterocycles. The van der Waals surface area contributed by atoms with Gasteiger partial charge in [-0.3, -0.25) is 14.4 Å². The number of phenolic OH excluding ortho intramolecular Hbond substituents is 2. The number of aromatic nitrogens is 3. The number of Topliss-reactive ketones (excluding diaryl/α,β-unsaturated/α-hetero) is 1. The van der Waals surface area contributed by atoms with Crippen LogP contribution in [0.3, 0.4) is 0 Å². The Labute approximate surface area is 311 Å². The molecule has 6 rings (SSSR count). The quantitative estimate of drug-likeness (QED) is 0.130. The van der Waals surface area contributed by atoms with Crippen molar-refractivity contribution in [1.29, 1.82) is 0 Å². The van der Waals surface area contributed by atoms with Gasteiger partial charge in [0.15, 0.2) is 17.9 Å². The lowest BCUT2D eigenvalue weighted by Gasteiger charge is -2.42. The zero-order valence-electron chi connectivity index (χ0n) is 31.4. The van der Waals surface area contributed by atoms with Crippen LogP contribution in [0.2, 0.25) is 0 Å². The van der Waals surface area contributed by atoms with E-state index < -0.39 is 95.7 Å². The average Bonchev–Trinajstić information content (AvgIpc) is 3.13. The van der Waals surface area contributed by atoms with Crippen LogP contribution >= 0.6 is 0 Å². The molecule has 1 saturated heterocycles. The molecule has 0 bridgehead atoms. The summed E-state index contributed by atoms with van der Waals surface area (Å²) in [5.41, 5.74) is 2.37. The monoisotopic (exact) mass is 753 g/mol. The van der Waals surface area contributed by atoms with Crippen LogP contribution in [0.1, 0.15) is 68.8 Å². The molecule has 0 radical (unpaired) electrons. The van der Waals surface area contributed by atoms with Crippen LogP contribution in [0.15, 0.2) is 18.2 Å². The Hall–Kier alpha value is -4.98. The van der Waals surface area contributed by atoms with Gasteiger partial charge in [-0.05, 0) is 13.0 Å². The summed E-state index contributed by atoms with van der Waals surface area (Å²) in [5, 5.41) is 53.7. The van der Waals surface area contributed by atoms with Gasteiger partial charge in [0.2, 0.25) is 23.6 Å². The van der Waals surface area contributed by atoms with Gasteiger partial charge >= 0.3 is 0 Å². The van der Waals surface area contributed by atoms with Crippen LogP contribution in [-0.4, -0.2) is 144 Å². The van der Waals surface area contributed by atoms with Gasteiger partial charge in [-0.2, -0.15) is 15.0 Å². The number of phenols is 2. The van der Waals surface area contributed by atoms with Crippen molar-refractivity contribution in [2.24, 2.45) is 5.73 Å². The Morgan fingerprint density at radius 2 is 1.50 bits per heavy atom. The normalized spacial score (nSPS) is 24.3. The van der Waals surface area contributed by atoms with E-state index in [2.05, 4.69) is 15.0 Å². The number of anilines is 3. The third kappa shape index (κ3) is 7.27. The van der Waals surface area contributed by atoms with E-state index in [0.717, 1.165) is 0 Å². The third-order valence-corrected chi connectivity index (χ3v) is 9.61. The zero-order chi connectivity index (χ0) is 40.0. The van der Waals surface area contributed by atoms with Gasteiger partial charge in [0.25, 0.3) is 0 Å². The van der Waals surface area contributed by atoms with Crippen LogP contribution in [0, 0.1) is 0 Å². The molecule has 2 aliphatic carbocycles. The number of carbonyl (C=O) groups excluding carboxylic acids is 3. The molecule has 3 aromatic rings. The minimum atomic E-state index is -2.24. The fourth-order valence-electron chi connectivity index (χ4n) is 6.69. The highest BCUT2D eigenvalue weighted by Gasteiger charge is 2.50. The first-order valence-electron chi connectivity index (χ1n) is 17.1. The molecule has 18 nitrogen and oxygen atoms in total. The lowest BCUT2D eigenvalue weighted by molar-refractivity contribution is -0.247. The number of hydrogen-bond acceptors (Lipinski definition) is 18. The van der Waals surface area contributed by atoms with E-state index in [0.29, 0.717) is 17.8 Å². The molecule has 292 valence electrons. The highest BCUT2D eigenvalue weighted by atomic mass is 16.7. The number of fused-ring (bicyclic) bond motifs is 3. The fourth-order valence-corrected chi connectivity index (χ4v) is 6.69. The predicted molar refractivity (Wildman–Crippen MR) is 195 cm³/mol. The molecular weight excluding hydrogens is 706 g/mol. The Bertz CT molecular complexity index is 1880. The summed E-state index contributed by atoms with van der Waals surface area (Å²) in [5.74, 6) is -1.78. The van der Waals surface area contributed by atoms with Crippen molar-refractivity contribution in [2.45, 2.75) is 62.4 Å². The molecule has 0 spiro atoms. The lowest BCUT2D eigenvalue weighted by Crippen LogP contribution is -2.53. The van der Waals surface area contributed by atoms with Crippen molar-refractivity contribution in [1.82, 2.24) is 15.0 Å². The minimum absolute atomic E-state index is 0.0173. The summed E-state index contributed by atoms with van der Waals surface area (Å²) in [4.78, 5) is 58.3. The molecule has 0 saturated carbocycles. The molecule has 6 atom stereocenters. The number of rotatable bonds is 8. The van der Waals surface area contributed by atoms with Gasteiger partial charge in [0.05, 0.1) is 42.1 Å². The number of hydrogen-bond donors (Lipinski definition) is 6. The smallest absolute Gasteiger partial charge is 0.231 e. The van der Waals surface area contributed by atoms with Gasteiger partial charge in [-0.25, -0.2) is 0 Å². The summed E-state index contributed by atoms with van der Waals surface area (Å²) >= 11 is 0. The molecule has 3 aliphatic rings. The van der Waals surface area contributed by atoms with Crippen LogP contribution in [0.5, 0.6) is 17.2 Å². The second kappa shape index (κ2) is 15.4. The van der Waals surface area contributed by atoms with E-state index in [-0.39, 0.29) is 34.4 Å². The number of carbonyl (C=O) groups is 3. The average molecular weight is 754 g/mol. The first-order valence-corrected chi connectivity index (χ1v) is 17.1. The Kier molecular flexibility index (Phi) is 11.5. The predicted octanol–water partition coefficient (Wildman–Crippen LogP) is 0.0709. The van der Waals surface area contributed by atoms with Gasteiger partial charge in [-0.15, -0.1) is 0 Å². The summed E-state index contributed by atoms with van der Waals surface area (Å²) in [6.07, 6.45) is -5.12. The third-order valence-electron chi connectivity index (χ3n) is 9.61. The number of ketones is 3. The number of benzene rings is 2. The van der Waals surface area contributed by atoms with E-state index >= 15 is 0 Å². The van der Waals surface area contributed by atoms with Crippen molar-refractivity contribution in [3.8, 4) is 17.2 Å². The van der Waals surface area contributed by atoms with Crippen LogP contribution in [-0.2, 0) is 20.7 Å². The van der Waals surface area contributed by atoms with E-state index in [9.17, 15) is 39.9 Å². The molecule has 0 amide bonds. The number of nitrogens with two attached hydrogens (primary N) is 1. The lowest BCUT2D eigenvalue weighted by atomic mass is 9.72. The van der Waals surface area contributed by atoms with E-state index in [1.54, 1.807) is 6.92 Å². The molecular formula is C36H47N7O11. The Morgan fingerprint density at radius 1 is 0.944 bits per heavy atom. The second-order valence-corrected chi connectivity index (χ2v) is 14.1. The molecule has 54 heavy (non-hydrogen) atoms. The number of methoxy groups -OCH3 is 1. The van der Waals surface area contributed by atoms with Crippen molar-refractivity contribution >= 4 is 35.2 Å². The van der Waals surface area contributed by atoms with Crippen LogP contribution in [0.4, 0.5) is 17.8 Å². The number of aromatic hydroxyl groups is 2. The van der Waals surface area contributed by atoms with E-state index in [4.69, 9.17) is 19.9 Å². The summed E-state index contributed by atoms with van der Waals surface area (Å²) in [6, 6.07) is 3.64. The Morgan fingerprint density at radius 3 is 2.00 bits per heavy atom. The van der Waals surface area contributed by atoms with Crippen LogP contribution < -0.4 is 25.2 Å². The topological polar surface area (TPSA) is 254 Å². The largest absolute Gasteiger partial charge is 0.507 e. The molecule has 18 heteroatoms. The zero-order valence-corrected chi connectivity index (χ0v) is 31.4. The van der Waals surface area contributed by atoms with Crippen molar-refractivity contribution in [3.63, 3.8) is 0 Å². The highest BCUT2D eigenvalue weighted by Crippen LogP contribution is 2.52. The van der Waals surface area contributed by atoms with Crippen molar-refractivity contribution < 1.29 is 54.1 Å². The molecule has 0 unspecified atom stereocenters. The molecule has 2 heterocycles. The van der Waals surface area contributed by atoms with Crippen molar-refractivity contribution in [2.75, 3.05) is 70.7 Å². The molecule has 7 N–H and O–H groups in total. The standard InChI is InChI=1S/C27H29NO11.C9H18N6/c1-10-22(31)13(28)6-17(38-10)39-15-8-27(36,16(30)9-29)7-12-19(15)26(35)21-20(24(12)33)23(32)11-4-3-5-14(37-2)18(11)25(21)34;1-13(2)7-10-8(14(3)4)12-9(11-7)15(5)6/h3-5,10,13,15,17,22,29,31,33,35-36H,6-9,28H2,1-2H3;1-6H3/t10-,13-,15-,17-,22+,27-;/m0./s1. The maximum absolute atomic E-state index is 13.6. The summed E-state index contributed by atoms with van der Waals surface area (Å²) in [7, 11) is 12.8. The summed E-state index contributed by atoms with van der Waals surface area (Å²) < 4.78 is 17.0. The Balaban J connectivity index is 0.000000314. The van der Waals surface area contributed by atoms with Gasteiger partial charge in [-0.1, -0.05) is 12.1 Å². The number of aliphatic hydroxyl groups is 3. The molecule has 2 aromatic carbocycles. The van der Waals surface area contributed by atoms with Gasteiger partial charge in [0.1, 0.15) is 29.5 Å². The molecule has 1 fully saturated rings. The number of nitrogens with zero attached hydrogens (tertiary/aromatic N) is 6. The minimum Gasteiger partial charge on any atom is -0.507 e. The van der Waals surface area contributed by atoms with Gasteiger partial charge in [0, 0.05) is 84.3 Å².